The molecule has 3 rings (SSSR count). The van der Waals surface area contributed by atoms with E-state index in [1.165, 1.54) is 0 Å². The summed E-state index contributed by atoms with van der Waals surface area (Å²) in [7, 11) is 0. The number of benzene rings is 2. The summed E-state index contributed by atoms with van der Waals surface area (Å²) >= 11 is 0. The molecule has 3 aromatic rings. The van der Waals surface area contributed by atoms with Crippen LogP contribution in [-0.2, 0) is 6.54 Å². The van der Waals surface area contributed by atoms with Crippen molar-refractivity contribution in [3.8, 4) is 6.07 Å². The van der Waals surface area contributed by atoms with E-state index in [2.05, 4.69) is 16.6 Å². The molecule has 2 aromatic carbocycles. The normalized spacial score (nSPS) is 10.7. The number of hydrogen-bond acceptors (Lipinski definition) is 3. The highest BCUT2D eigenvalue weighted by Gasteiger charge is 2.06. The highest BCUT2D eigenvalue weighted by Crippen LogP contribution is 2.19. The first-order chi connectivity index (χ1) is 11.3. The van der Waals surface area contributed by atoms with E-state index in [0.717, 1.165) is 16.5 Å². The molecule has 0 aliphatic carbocycles. The molecule has 5 nitrogen and oxygen atoms in total. The van der Waals surface area contributed by atoms with E-state index in [1.54, 1.807) is 30.5 Å². The third-order valence-corrected chi connectivity index (χ3v) is 3.47. The lowest BCUT2D eigenvalue weighted by atomic mass is 10.2. The first-order valence-electron chi connectivity index (χ1n) is 7.13. The Morgan fingerprint density at radius 2 is 1.91 bits per heavy atom. The largest absolute Gasteiger partial charge is 0.333 e. The molecule has 5 heteroatoms. The summed E-state index contributed by atoms with van der Waals surface area (Å²) in [6, 6.07) is 18.8. The summed E-state index contributed by atoms with van der Waals surface area (Å²) in [5.74, 6) is -0.261. The number of aromatic nitrogens is 1. The van der Waals surface area contributed by atoms with Crippen LogP contribution in [0.5, 0.6) is 0 Å². The van der Waals surface area contributed by atoms with Gasteiger partial charge in [-0.05, 0) is 18.2 Å². The molecule has 1 aromatic heterocycles. The molecule has 0 atom stereocenters. The maximum absolute atomic E-state index is 11.9. The summed E-state index contributed by atoms with van der Waals surface area (Å²) < 4.78 is 1.86. The van der Waals surface area contributed by atoms with E-state index >= 15 is 0 Å². The fourth-order valence-corrected chi connectivity index (χ4v) is 2.40. The van der Waals surface area contributed by atoms with E-state index < -0.39 is 0 Å². The molecule has 0 aliphatic heterocycles. The van der Waals surface area contributed by atoms with Crippen molar-refractivity contribution in [3.63, 3.8) is 0 Å². The van der Waals surface area contributed by atoms with Crippen molar-refractivity contribution in [2.45, 2.75) is 6.54 Å². The van der Waals surface area contributed by atoms with Crippen molar-refractivity contribution >= 4 is 23.0 Å². The molecule has 0 fully saturated rings. The number of nitriles is 1. The summed E-state index contributed by atoms with van der Waals surface area (Å²) in [5, 5.41) is 13.9. The van der Waals surface area contributed by atoms with Crippen molar-refractivity contribution in [2.75, 3.05) is 0 Å². The fourth-order valence-electron chi connectivity index (χ4n) is 2.40. The molecule has 0 bridgehead atoms. The molecule has 0 saturated carbocycles. The highest BCUT2D eigenvalue weighted by atomic mass is 16.2. The zero-order valence-corrected chi connectivity index (χ0v) is 12.3. The lowest BCUT2D eigenvalue weighted by Gasteiger charge is -1.98. The fraction of sp³-hybridized carbons (Fsp3) is 0.0556. The van der Waals surface area contributed by atoms with Crippen LogP contribution < -0.4 is 5.43 Å². The monoisotopic (exact) mass is 302 g/mol. The number of amides is 1. The Morgan fingerprint density at radius 3 is 2.70 bits per heavy atom. The minimum Gasteiger partial charge on any atom is -0.333 e. The van der Waals surface area contributed by atoms with Gasteiger partial charge < -0.3 is 4.57 Å². The molecule has 0 saturated heterocycles. The van der Waals surface area contributed by atoms with Gasteiger partial charge >= 0.3 is 0 Å². The predicted octanol–water partition coefficient (Wildman–Crippen LogP) is 2.93. The molecule has 23 heavy (non-hydrogen) atoms. The van der Waals surface area contributed by atoms with E-state index in [0.29, 0.717) is 5.56 Å². The number of carbonyl (C=O) groups excluding carboxylic acids is 1. The van der Waals surface area contributed by atoms with Crippen molar-refractivity contribution in [3.05, 3.63) is 71.9 Å². The van der Waals surface area contributed by atoms with Crippen molar-refractivity contribution in [1.29, 1.82) is 5.26 Å². The SMILES string of the molecule is N#CCn1cc(/C=N\NC(=O)c2ccccc2)c2ccccc21. The second-order valence-electron chi connectivity index (χ2n) is 4.95. The topological polar surface area (TPSA) is 70.2 Å². The molecule has 1 N–H and O–H groups in total. The van der Waals surface area contributed by atoms with Crippen molar-refractivity contribution in [2.24, 2.45) is 5.10 Å². The molecule has 112 valence electrons. The third-order valence-electron chi connectivity index (χ3n) is 3.47. The van der Waals surface area contributed by atoms with Crippen LogP contribution in [0.2, 0.25) is 0 Å². The molecule has 0 aliphatic rings. The Kier molecular flexibility index (Phi) is 4.16. The first-order valence-corrected chi connectivity index (χ1v) is 7.13. The highest BCUT2D eigenvalue weighted by molar-refractivity contribution is 6.00. The van der Waals surface area contributed by atoms with Gasteiger partial charge in [-0.2, -0.15) is 10.4 Å². The number of hydrazone groups is 1. The smallest absolute Gasteiger partial charge is 0.271 e. The van der Waals surface area contributed by atoms with Gasteiger partial charge in [0.1, 0.15) is 6.54 Å². The zero-order chi connectivity index (χ0) is 16.1. The second kappa shape index (κ2) is 6.58. The van der Waals surface area contributed by atoms with Gasteiger partial charge in [0.05, 0.1) is 12.3 Å². The van der Waals surface area contributed by atoms with Crippen LogP contribution in [-0.4, -0.2) is 16.7 Å². The molecular weight excluding hydrogens is 288 g/mol. The Bertz CT molecular complexity index is 904. The minimum absolute atomic E-state index is 0.261. The maximum Gasteiger partial charge on any atom is 0.271 e. The minimum atomic E-state index is -0.261. The summed E-state index contributed by atoms with van der Waals surface area (Å²) in [6.07, 6.45) is 3.45. The number of carbonyl (C=O) groups is 1. The van der Waals surface area contributed by atoms with Crippen LogP contribution >= 0.6 is 0 Å². The lowest BCUT2D eigenvalue weighted by Crippen LogP contribution is -2.17. The molecule has 0 spiro atoms. The van der Waals surface area contributed by atoms with E-state index in [9.17, 15) is 4.79 Å². The summed E-state index contributed by atoms with van der Waals surface area (Å²) in [5.41, 5.74) is 4.88. The first kappa shape index (κ1) is 14.5. The molecule has 0 unspecified atom stereocenters. The number of para-hydroxylation sites is 1. The van der Waals surface area contributed by atoms with Gasteiger partial charge in [-0.15, -0.1) is 0 Å². The number of nitrogens with one attached hydrogen (secondary N) is 1. The van der Waals surface area contributed by atoms with Gasteiger partial charge in [0.2, 0.25) is 0 Å². The predicted molar refractivity (Wildman–Crippen MR) is 89.1 cm³/mol. The van der Waals surface area contributed by atoms with Crippen LogP contribution in [0.4, 0.5) is 0 Å². The summed E-state index contributed by atoms with van der Waals surface area (Å²) in [4.78, 5) is 11.9. The van der Waals surface area contributed by atoms with E-state index in [4.69, 9.17) is 5.26 Å². The Hall–Kier alpha value is -3.39. The molecule has 1 heterocycles. The van der Waals surface area contributed by atoms with Gasteiger partial charge in [0.25, 0.3) is 5.91 Å². The average molecular weight is 302 g/mol. The summed E-state index contributed by atoms with van der Waals surface area (Å²) in [6.45, 7) is 0.269. The van der Waals surface area contributed by atoms with Crippen LogP contribution in [0.3, 0.4) is 0 Å². The lowest BCUT2D eigenvalue weighted by molar-refractivity contribution is 0.0955. The van der Waals surface area contributed by atoms with Crippen LogP contribution in [0.1, 0.15) is 15.9 Å². The van der Waals surface area contributed by atoms with Gasteiger partial charge in [-0.3, -0.25) is 4.79 Å². The van der Waals surface area contributed by atoms with Gasteiger partial charge in [0.15, 0.2) is 0 Å². The van der Waals surface area contributed by atoms with Crippen LogP contribution in [0.15, 0.2) is 65.9 Å². The number of nitrogens with zero attached hydrogens (tertiary/aromatic N) is 3. The van der Waals surface area contributed by atoms with E-state index in [1.807, 2.05) is 41.1 Å². The van der Waals surface area contributed by atoms with Crippen LogP contribution in [0, 0.1) is 11.3 Å². The molecular formula is C18H14N4O. The average Bonchev–Trinajstić information content (AvgIpc) is 2.94. The van der Waals surface area contributed by atoms with Crippen molar-refractivity contribution in [1.82, 2.24) is 9.99 Å². The van der Waals surface area contributed by atoms with Gasteiger partial charge in [-0.25, -0.2) is 5.43 Å². The van der Waals surface area contributed by atoms with E-state index in [-0.39, 0.29) is 12.5 Å². The molecule has 0 radical (unpaired) electrons. The Balaban J connectivity index is 1.82. The number of fused-ring (bicyclic) bond motifs is 1. The third kappa shape index (κ3) is 3.11. The van der Waals surface area contributed by atoms with Crippen molar-refractivity contribution < 1.29 is 4.79 Å². The van der Waals surface area contributed by atoms with Gasteiger partial charge in [0, 0.05) is 28.2 Å². The number of hydrogen-bond donors (Lipinski definition) is 1. The number of rotatable bonds is 4. The van der Waals surface area contributed by atoms with Crippen LogP contribution in [0.25, 0.3) is 10.9 Å². The Labute approximate surface area is 133 Å². The zero-order valence-electron chi connectivity index (χ0n) is 12.3. The van der Waals surface area contributed by atoms with Gasteiger partial charge in [-0.1, -0.05) is 36.4 Å². The second-order valence-corrected chi connectivity index (χ2v) is 4.95. The molecule has 1 amide bonds. The standard InChI is InChI=1S/C18H14N4O/c19-10-11-22-13-15(16-8-4-5-9-17(16)22)12-20-21-18(23)14-6-2-1-3-7-14/h1-9,12-13H,11H2,(H,21,23)/b20-12-. The Morgan fingerprint density at radius 1 is 1.17 bits per heavy atom. The quantitative estimate of drug-likeness (QED) is 0.594. The maximum atomic E-state index is 11.9.